The van der Waals surface area contributed by atoms with Gasteiger partial charge in [-0.25, -0.2) is 0 Å². The van der Waals surface area contributed by atoms with Crippen molar-refractivity contribution in [3.63, 3.8) is 0 Å². The molecule has 0 amide bonds. The van der Waals surface area contributed by atoms with Crippen molar-refractivity contribution >= 4 is 17.0 Å². The summed E-state index contributed by atoms with van der Waals surface area (Å²) in [4.78, 5) is 0. The summed E-state index contributed by atoms with van der Waals surface area (Å²) in [6.07, 6.45) is 12.9. The number of benzene rings is 1. The summed E-state index contributed by atoms with van der Waals surface area (Å²) >= 11 is 0. The SMILES string of the molecule is CC(C)=CCC/C(C)=C/CCC1(C)C=Cc2c(c3ccccc3[n+]([O-])c2C)O1. The van der Waals surface area contributed by atoms with Crippen LogP contribution < -0.4 is 9.47 Å². The molecule has 2 heterocycles. The summed E-state index contributed by atoms with van der Waals surface area (Å²) in [5.41, 5.74) is 4.67. The average Bonchev–Trinajstić information content (AvgIpc) is 2.65. The summed E-state index contributed by atoms with van der Waals surface area (Å²) in [6.45, 7) is 10.5. The molecule has 0 spiro atoms. The smallest absolute Gasteiger partial charge is 0.227 e. The largest absolute Gasteiger partial charge is 0.618 e. The Morgan fingerprint density at radius 1 is 1.14 bits per heavy atom. The van der Waals surface area contributed by atoms with Gasteiger partial charge in [0.15, 0.2) is 0 Å². The third kappa shape index (κ3) is 4.30. The molecule has 0 aliphatic carbocycles. The Balaban J connectivity index is 1.77. The molecule has 0 radical (unpaired) electrons. The van der Waals surface area contributed by atoms with Crippen molar-refractivity contribution in [2.45, 2.75) is 65.9 Å². The van der Waals surface area contributed by atoms with Gasteiger partial charge in [-0.05, 0) is 71.6 Å². The lowest BCUT2D eigenvalue weighted by atomic mass is 9.93. The van der Waals surface area contributed by atoms with E-state index in [0.29, 0.717) is 11.2 Å². The van der Waals surface area contributed by atoms with Crippen LogP contribution in [0.15, 0.2) is 53.6 Å². The van der Waals surface area contributed by atoms with Crippen LogP contribution >= 0.6 is 0 Å². The van der Waals surface area contributed by atoms with Gasteiger partial charge in [-0.2, -0.15) is 4.73 Å². The first-order valence-corrected chi connectivity index (χ1v) is 10.1. The van der Waals surface area contributed by atoms with Crippen LogP contribution in [0, 0.1) is 12.1 Å². The van der Waals surface area contributed by atoms with Crippen LogP contribution in [0.4, 0.5) is 0 Å². The van der Waals surface area contributed by atoms with Crippen molar-refractivity contribution in [1.29, 1.82) is 0 Å². The molecule has 0 saturated carbocycles. The van der Waals surface area contributed by atoms with Crippen molar-refractivity contribution in [2.24, 2.45) is 0 Å². The number of allylic oxidation sites excluding steroid dienone is 4. The van der Waals surface area contributed by atoms with Gasteiger partial charge in [0.2, 0.25) is 11.2 Å². The minimum atomic E-state index is -0.367. The van der Waals surface area contributed by atoms with Gasteiger partial charge >= 0.3 is 0 Å². The second-order valence-electron chi connectivity index (χ2n) is 8.30. The highest BCUT2D eigenvalue weighted by Crippen LogP contribution is 2.39. The van der Waals surface area contributed by atoms with Crippen molar-refractivity contribution < 1.29 is 9.47 Å². The molecule has 1 aliphatic rings. The van der Waals surface area contributed by atoms with Crippen molar-refractivity contribution in [3.8, 4) is 5.75 Å². The fourth-order valence-corrected chi connectivity index (χ4v) is 3.71. The molecule has 1 aromatic carbocycles. The van der Waals surface area contributed by atoms with E-state index in [4.69, 9.17) is 4.74 Å². The van der Waals surface area contributed by atoms with E-state index in [1.807, 2.05) is 31.2 Å². The topological polar surface area (TPSA) is 36.2 Å². The van der Waals surface area contributed by atoms with Crippen molar-refractivity contribution in [2.75, 3.05) is 0 Å². The normalized spacial score (nSPS) is 18.7. The maximum absolute atomic E-state index is 12.6. The Kier molecular flexibility index (Phi) is 5.93. The molecule has 1 atom stereocenters. The fourth-order valence-electron chi connectivity index (χ4n) is 3.71. The van der Waals surface area contributed by atoms with Gasteiger partial charge in [0, 0.05) is 13.0 Å². The summed E-state index contributed by atoms with van der Waals surface area (Å²) in [5.74, 6) is 0.828. The first-order chi connectivity index (χ1) is 13.3. The predicted molar refractivity (Wildman–Crippen MR) is 117 cm³/mol. The van der Waals surface area contributed by atoms with E-state index in [0.717, 1.165) is 47.1 Å². The second kappa shape index (κ2) is 8.22. The third-order valence-corrected chi connectivity index (χ3v) is 5.47. The lowest BCUT2D eigenvalue weighted by Crippen LogP contribution is -2.36. The summed E-state index contributed by atoms with van der Waals surface area (Å²) in [6, 6.07) is 7.67. The number of hydrogen-bond donors (Lipinski definition) is 0. The molecule has 0 saturated heterocycles. The quantitative estimate of drug-likeness (QED) is 0.331. The molecule has 0 bridgehead atoms. The van der Waals surface area contributed by atoms with Crippen LogP contribution in [0.5, 0.6) is 5.75 Å². The third-order valence-electron chi connectivity index (χ3n) is 5.47. The molecule has 28 heavy (non-hydrogen) atoms. The molecule has 148 valence electrons. The van der Waals surface area contributed by atoms with E-state index in [1.54, 1.807) is 0 Å². The molecule has 3 nitrogen and oxygen atoms in total. The lowest BCUT2D eigenvalue weighted by Gasteiger charge is -2.32. The molecular formula is C25H31NO2. The Hall–Kier alpha value is -2.55. The van der Waals surface area contributed by atoms with E-state index in [1.165, 1.54) is 11.1 Å². The van der Waals surface area contributed by atoms with Gasteiger partial charge in [0.1, 0.15) is 11.4 Å². The molecule has 3 heteroatoms. The van der Waals surface area contributed by atoms with Gasteiger partial charge in [-0.3, -0.25) is 0 Å². The number of pyridine rings is 1. The van der Waals surface area contributed by atoms with Crippen molar-refractivity contribution in [1.82, 2.24) is 0 Å². The van der Waals surface area contributed by atoms with E-state index in [9.17, 15) is 5.21 Å². The number of para-hydroxylation sites is 1. The molecule has 1 unspecified atom stereocenters. The Labute approximate surface area is 168 Å². The number of nitrogens with zero attached hydrogens (tertiary/aromatic N) is 1. The second-order valence-corrected chi connectivity index (χ2v) is 8.30. The van der Waals surface area contributed by atoms with E-state index >= 15 is 0 Å². The molecular weight excluding hydrogens is 346 g/mol. The van der Waals surface area contributed by atoms with E-state index in [-0.39, 0.29) is 5.60 Å². The number of hydrogen-bond acceptors (Lipinski definition) is 2. The van der Waals surface area contributed by atoms with Crippen LogP contribution in [0.1, 0.15) is 64.6 Å². The Bertz CT molecular complexity index is 964. The first-order valence-electron chi connectivity index (χ1n) is 10.1. The van der Waals surface area contributed by atoms with Crippen molar-refractivity contribution in [3.05, 3.63) is 70.1 Å². The highest BCUT2D eigenvalue weighted by atomic mass is 16.5. The highest BCUT2D eigenvalue weighted by molar-refractivity contribution is 5.87. The molecule has 0 N–H and O–H groups in total. The number of aromatic nitrogens is 1. The van der Waals surface area contributed by atoms with Crippen LogP contribution in [0.25, 0.3) is 17.0 Å². The lowest BCUT2D eigenvalue weighted by molar-refractivity contribution is -0.584. The minimum absolute atomic E-state index is 0.367. The zero-order valence-corrected chi connectivity index (χ0v) is 17.7. The van der Waals surface area contributed by atoms with Gasteiger partial charge in [-0.15, -0.1) is 0 Å². The maximum Gasteiger partial charge on any atom is 0.227 e. The molecule has 2 aromatic rings. The Morgan fingerprint density at radius 3 is 2.64 bits per heavy atom. The van der Waals surface area contributed by atoms with Crippen LogP contribution in [-0.4, -0.2) is 5.60 Å². The zero-order chi connectivity index (χ0) is 20.3. The predicted octanol–water partition coefficient (Wildman–Crippen LogP) is 6.42. The summed E-state index contributed by atoms with van der Waals surface area (Å²) < 4.78 is 7.49. The highest BCUT2D eigenvalue weighted by Gasteiger charge is 2.31. The molecule has 1 aromatic heterocycles. The fraction of sp³-hybridized carbons (Fsp3) is 0.400. The van der Waals surface area contributed by atoms with E-state index in [2.05, 4.69) is 52.0 Å². The molecule has 0 fully saturated rings. The van der Waals surface area contributed by atoms with E-state index < -0.39 is 0 Å². The Morgan fingerprint density at radius 2 is 1.89 bits per heavy atom. The standard InChI is InChI=1S/C25H31NO2/c1-18(2)10-8-11-19(3)12-9-16-25(5)17-15-21-20(4)26(27)23-14-7-6-13-22(23)24(21)28-25/h6-7,10,12-15,17H,8-9,11,16H2,1-5H3/b19-12+. The minimum Gasteiger partial charge on any atom is -0.618 e. The molecule has 3 rings (SSSR count). The summed E-state index contributed by atoms with van der Waals surface area (Å²) in [7, 11) is 0. The number of fused-ring (bicyclic) bond motifs is 3. The van der Waals surface area contributed by atoms with Crippen LogP contribution in [0.2, 0.25) is 0 Å². The zero-order valence-electron chi connectivity index (χ0n) is 17.7. The number of ether oxygens (including phenoxy) is 1. The number of rotatable bonds is 6. The molecule has 1 aliphatic heterocycles. The van der Waals surface area contributed by atoms with Gasteiger partial charge in [-0.1, -0.05) is 35.4 Å². The monoisotopic (exact) mass is 377 g/mol. The van der Waals surface area contributed by atoms with Gasteiger partial charge in [0.05, 0.1) is 10.9 Å². The first kappa shape index (κ1) is 20.2. The van der Waals surface area contributed by atoms with Gasteiger partial charge < -0.3 is 9.94 Å². The average molecular weight is 378 g/mol. The van der Waals surface area contributed by atoms with Crippen LogP contribution in [-0.2, 0) is 0 Å². The van der Waals surface area contributed by atoms with Gasteiger partial charge in [0.25, 0.3) is 0 Å². The maximum atomic E-state index is 12.6. The summed E-state index contributed by atoms with van der Waals surface area (Å²) in [5, 5.41) is 13.4. The van der Waals surface area contributed by atoms with Crippen LogP contribution in [0.3, 0.4) is 0 Å².